The van der Waals surface area contributed by atoms with Crippen LogP contribution in [0, 0.1) is 5.21 Å². The van der Waals surface area contributed by atoms with E-state index in [4.69, 9.17) is 0 Å². The highest BCUT2D eigenvalue weighted by atomic mass is 16.5. The van der Waals surface area contributed by atoms with E-state index < -0.39 is 0 Å². The third-order valence-corrected chi connectivity index (χ3v) is 4.64. The Balaban J connectivity index is 1.74. The van der Waals surface area contributed by atoms with Gasteiger partial charge in [0.1, 0.15) is 0 Å². The second-order valence-electron chi connectivity index (χ2n) is 5.90. The Hall–Kier alpha value is -2.82. The van der Waals surface area contributed by atoms with Crippen molar-refractivity contribution in [3.63, 3.8) is 0 Å². The molecule has 23 heavy (non-hydrogen) atoms. The number of aromatic nitrogens is 2. The van der Waals surface area contributed by atoms with Crippen LogP contribution in [-0.4, -0.2) is 22.3 Å². The molecule has 1 atom stereocenters. The minimum absolute atomic E-state index is 0.0844. The van der Waals surface area contributed by atoms with Crippen LogP contribution in [0.25, 0.3) is 10.9 Å². The number of para-hydroxylation sites is 1. The summed E-state index contributed by atoms with van der Waals surface area (Å²) in [5, 5.41) is 13.1. The smallest absolute Gasteiger partial charge is 0.320 e. The monoisotopic (exact) mass is 307 g/mol. The van der Waals surface area contributed by atoms with Crippen molar-refractivity contribution >= 4 is 16.8 Å². The Kier molecular flexibility index (Phi) is 3.08. The number of carbonyl (C=O) groups is 1. The van der Waals surface area contributed by atoms with Gasteiger partial charge in [-0.2, -0.15) is 4.73 Å². The molecule has 1 aromatic carbocycles. The normalized spacial score (nSPS) is 17.3. The summed E-state index contributed by atoms with van der Waals surface area (Å²) in [5.41, 5.74) is 3.61. The molecule has 2 aromatic heterocycles. The number of carbonyl (C=O) groups excluding carboxylic acids is 1. The summed E-state index contributed by atoms with van der Waals surface area (Å²) >= 11 is 0. The van der Waals surface area contributed by atoms with Gasteiger partial charge in [-0.1, -0.05) is 18.2 Å². The van der Waals surface area contributed by atoms with Gasteiger partial charge in [0.25, 0.3) is 5.69 Å². The van der Waals surface area contributed by atoms with Gasteiger partial charge in [0.05, 0.1) is 6.04 Å². The van der Waals surface area contributed by atoms with Gasteiger partial charge in [0, 0.05) is 35.3 Å². The average molecular weight is 307 g/mol. The van der Waals surface area contributed by atoms with Gasteiger partial charge in [0.2, 0.25) is 0 Å². The Morgan fingerprint density at radius 1 is 1.26 bits per heavy atom. The third-order valence-electron chi connectivity index (χ3n) is 4.64. The van der Waals surface area contributed by atoms with E-state index in [1.54, 1.807) is 23.1 Å². The number of benzene rings is 1. The maximum Gasteiger partial charge on any atom is 0.320 e. The zero-order chi connectivity index (χ0) is 16.0. The van der Waals surface area contributed by atoms with Crippen molar-refractivity contribution in [1.29, 1.82) is 0 Å². The molecule has 3 aromatic rings. The summed E-state index contributed by atoms with van der Waals surface area (Å²) in [7, 11) is 0. The lowest BCUT2D eigenvalue weighted by Gasteiger charge is -2.32. The molecule has 116 valence electrons. The first-order valence-electron chi connectivity index (χ1n) is 7.75. The lowest BCUT2D eigenvalue weighted by atomic mass is 9.98. The van der Waals surface area contributed by atoms with Crippen LogP contribution in [0.1, 0.15) is 34.7 Å². The van der Waals surface area contributed by atoms with E-state index in [0.717, 1.165) is 17.6 Å². The van der Waals surface area contributed by atoms with Crippen molar-refractivity contribution in [2.75, 3.05) is 6.54 Å². The molecular formula is C18H17N3O2. The number of nitrogens with one attached hydrogen (secondary N) is 1. The average Bonchev–Trinajstić information content (AvgIpc) is 2.95. The summed E-state index contributed by atoms with van der Waals surface area (Å²) in [6, 6.07) is 13.0. The molecule has 1 amide bonds. The summed E-state index contributed by atoms with van der Waals surface area (Å²) in [6.07, 6.45) is 2.15. The van der Waals surface area contributed by atoms with Crippen molar-refractivity contribution < 1.29 is 9.52 Å². The van der Waals surface area contributed by atoms with E-state index in [9.17, 15) is 10.0 Å². The predicted octanol–water partition coefficient (Wildman–Crippen LogP) is 2.56. The van der Waals surface area contributed by atoms with Crippen LogP contribution in [0.4, 0.5) is 0 Å². The van der Waals surface area contributed by atoms with Gasteiger partial charge in [-0.3, -0.25) is 4.79 Å². The summed E-state index contributed by atoms with van der Waals surface area (Å²) in [4.78, 5) is 18.0. The van der Waals surface area contributed by atoms with Gasteiger partial charge < -0.3 is 15.1 Å². The minimum Gasteiger partial charge on any atom is -0.618 e. The summed E-state index contributed by atoms with van der Waals surface area (Å²) in [6.45, 7) is 2.62. The zero-order valence-corrected chi connectivity index (χ0v) is 12.8. The van der Waals surface area contributed by atoms with Crippen LogP contribution in [0.2, 0.25) is 0 Å². The third kappa shape index (κ3) is 2.08. The summed E-state index contributed by atoms with van der Waals surface area (Å²) in [5.74, 6) is -0.225. The van der Waals surface area contributed by atoms with Crippen molar-refractivity contribution in [1.82, 2.24) is 9.88 Å². The van der Waals surface area contributed by atoms with Crippen molar-refractivity contribution in [2.24, 2.45) is 0 Å². The molecule has 5 heteroatoms. The quantitative estimate of drug-likeness (QED) is 0.555. The first kappa shape index (κ1) is 13.8. The molecule has 3 heterocycles. The highest BCUT2D eigenvalue weighted by molar-refractivity contribution is 5.92. The molecule has 1 aliphatic heterocycles. The maximum atomic E-state index is 12.7. The molecule has 0 saturated carbocycles. The second kappa shape index (κ2) is 5.12. The lowest BCUT2D eigenvalue weighted by molar-refractivity contribution is -0.608. The van der Waals surface area contributed by atoms with Crippen LogP contribution in [0.3, 0.4) is 0 Å². The second-order valence-corrected chi connectivity index (χ2v) is 5.90. The highest BCUT2D eigenvalue weighted by Gasteiger charge is 2.33. The van der Waals surface area contributed by atoms with Gasteiger partial charge in [0.15, 0.2) is 6.20 Å². The fourth-order valence-corrected chi connectivity index (χ4v) is 3.45. The molecule has 4 rings (SSSR count). The minimum atomic E-state index is -0.225. The lowest BCUT2D eigenvalue weighted by Crippen LogP contribution is -2.44. The number of pyridine rings is 1. The Labute approximate surface area is 133 Å². The number of hydrogen-bond donors (Lipinski definition) is 1. The maximum absolute atomic E-state index is 12.7. The molecule has 0 fully saturated rings. The standard InChI is InChI=1S/C18H17N3O2/c1-12-17-14(13-6-2-3-7-15(13)19-17)9-11-20(12)18(22)16-8-4-5-10-21(16)23/h2-8,10,12,19H,9,11H2,1H3/t12-/m0/s1. The van der Waals surface area contributed by atoms with Crippen LogP contribution >= 0.6 is 0 Å². The topological polar surface area (TPSA) is 63.0 Å². The zero-order valence-electron chi connectivity index (χ0n) is 12.8. The van der Waals surface area contributed by atoms with E-state index in [2.05, 4.69) is 17.1 Å². The molecule has 0 aliphatic carbocycles. The number of H-pyrrole nitrogens is 1. The SMILES string of the molecule is C[C@H]1c2[nH]c3ccccc3c2CCN1C(=O)c1cccc[n+]1[O-]. The van der Waals surface area contributed by atoms with E-state index in [-0.39, 0.29) is 17.6 Å². The number of aromatic amines is 1. The largest absolute Gasteiger partial charge is 0.618 e. The van der Waals surface area contributed by atoms with E-state index >= 15 is 0 Å². The van der Waals surface area contributed by atoms with E-state index in [1.807, 2.05) is 19.1 Å². The van der Waals surface area contributed by atoms with E-state index in [1.165, 1.54) is 17.1 Å². The van der Waals surface area contributed by atoms with Gasteiger partial charge in [-0.05, 0) is 31.0 Å². The van der Waals surface area contributed by atoms with E-state index in [0.29, 0.717) is 11.3 Å². The first-order valence-corrected chi connectivity index (χ1v) is 7.75. The van der Waals surface area contributed by atoms with Crippen molar-refractivity contribution in [3.05, 3.63) is 70.8 Å². The fourth-order valence-electron chi connectivity index (χ4n) is 3.45. The number of hydrogen-bond acceptors (Lipinski definition) is 2. The number of nitrogens with zero attached hydrogens (tertiary/aromatic N) is 2. The predicted molar refractivity (Wildman–Crippen MR) is 86.9 cm³/mol. The van der Waals surface area contributed by atoms with Gasteiger partial charge in [-0.15, -0.1) is 0 Å². The highest BCUT2D eigenvalue weighted by Crippen LogP contribution is 2.34. The molecule has 0 saturated heterocycles. The molecule has 0 spiro atoms. The van der Waals surface area contributed by atoms with Crippen LogP contribution in [0.15, 0.2) is 48.7 Å². The van der Waals surface area contributed by atoms with Crippen LogP contribution in [0.5, 0.6) is 0 Å². The summed E-state index contributed by atoms with van der Waals surface area (Å²) < 4.78 is 0.635. The van der Waals surface area contributed by atoms with Crippen LogP contribution in [-0.2, 0) is 6.42 Å². The van der Waals surface area contributed by atoms with Gasteiger partial charge >= 0.3 is 5.91 Å². The van der Waals surface area contributed by atoms with Crippen LogP contribution < -0.4 is 4.73 Å². The van der Waals surface area contributed by atoms with Crippen molar-refractivity contribution in [3.8, 4) is 0 Å². The molecular weight excluding hydrogens is 290 g/mol. The number of rotatable bonds is 1. The Bertz CT molecular complexity index is 900. The molecule has 1 N–H and O–H groups in total. The Morgan fingerprint density at radius 3 is 2.87 bits per heavy atom. The van der Waals surface area contributed by atoms with Crippen molar-refractivity contribution in [2.45, 2.75) is 19.4 Å². The van der Waals surface area contributed by atoms with Gasteiger partial charge in [-0.25, -0.2) is 0 Å². The number of fused-ring (bicyclic) bond motifs is 3. The molecule has 0 unspecified atom stereocenters. The molecule has 5 nitrogen and oxygen atoms in total. The number of amides is 1. The Morgan fingerprint density at radius 2 is 2.04 bits per heavy atom. The molecule has 0 bridgehead atoms. The molecule has 1 aliphatic rings. The fraction of sp³-hybridized carbons (Fsp3) is 0.222. The first-order chi connectivity index (χ1) is 11.2. The molecule has 0 radical (unpaired) electrons.